The van der Waals surface area contributed by atoms with Gasteiger partial charge < -0.3 is 9.64 Å². The average molecular weight is 340 g/mol. The zero-order valence-corrected chi connectivity index (χ0v) is 14.5. The number of hydrogen-bond donors (Lipinski definition) is 0. The number of ether oxygens (including phenoxy) is 1. The lowest BCUT2D eigenvalue weighted by atomic mass is 10.2. The predicted molar refractivity (Wildman–Crippen MR) is 96.1 cm³/mol. The Hall–Kier alpha value is -2.45. The molecule has 0 aliphatic carbocycles. The van der Waals surface area contributed by atoms with E-state index in [-0.39, 0.29) is 5.91 Å². The number of hydrogen-bond acceptors (Lipinski definition) is 4. The molecule has 0 spiro atoms. The SMILES string of the molecule is CN(CCCOc1ccccc1)C(=O)CSc1ccc(C#N)cc1. The minimum atomic E-state index is 0.0871. The van der Waals surface area contributed by atoms with Crippen LogP contribution in [0.15, 0.2) is 59.5 Å². The number of nitriles is 1. The summed E-state index contributed by atoms with van der Waals surface area (Å²) in [6, 6.07) is 19.0. The van der Waals surface area contributed by atoms with Gasteiger partial charge in [-0.1, -0.05) is 18.2 Å². The van der Waals surface area contributed by atoms with E-state index < -0.39 is 0 Å². The Kier molecular flexibility index (Phi) is 7.19. The van der Waals surface area contributed by atoms with Crippen molar-refractivity contribution >= 4 is 17.7 Å². The molecule has 0 saturated carbocycles. The highest BCUT2D eigenvalue weighted by molar-refractivity contribution is 8.00. The first kappa shape index (κ1) is 17.9. The van der Waals surface area contributed by atoms with Crippen molar-refractivity contribution in [2.24, 2.45) is 0 Å². The molecular formula is C19H20N2O2S. The number of amides is 1. The lowest BCUT2D eigenvalue weighted by Gasteiger charge is -2.17. The monoisotopic (exact) mass is 340 g/mol. The van der Waals surface area contributed by atoms with Crippen LogP contribution in [0.1, 0.15) is 12.0 Å². The molecule has 0 bridgehead atoms. The third-order valence-electron chi connectivity index (χ3n) is 3.42. The molecule has 2 aromatic carbocycles. The van der Waals surface area contributed by atoms with E-state index in [1.165, 1.54) is 11.8 Å². The largest absolute Gasteiger partial charge is 0.494 e. The summed E-state index contributed by atoms with van der Waals surface area (Å²) >= 11 is 1.48. The van der Waals surface area contributed by atoms with Gasteiger partial charge in [0.15, 0.2) is 0 Å². The van der Waals surface area contributed by atoms with Crippen molar-refractivity contribution in [2.75, 3.05) is 26.0 Å². The Morgan fingerprint density at radius 2 is 1.88 bits per heavy atom. The molecule has 2 aromatic rings. The summed E-state index contributed by atoms with van der Waals surface area (Å²) in [6.45, 7) is 1.25. The molecule has 0 aliphatic heterocycles. The lowest BCUT2D eigenvalue weighted by Crippen LogP contribution is -2.30. The van der Waals surface area contributed by atoms with E-state index in [2.05, 4.69) is 6.07 Å². The van der Waals surface area contributed by atoms with E-state index in [1.807, 2.05) is 49.5 Å². The summed E-state index contributed by atoms with van der Waals surface area (Å²) in [6.07, 6.45) is 0.790. The number of carbonyl (C=O) groups excluding carboxylic acids is 1. The molecule has 124 valence electrons. The van der Waals surface area contributed by atoms with E-state index in [4.69, 9.17) is 10.00 Å². The average Bonchev–Trinajstić information content (AvgIpc) is 2.64. The summed E-state index contributed by atoms with van der Waals surface area (Å²) in [5, 5.41) is 8.77. The van der Waals surface area contributed by atoms with Crippen LogP contribution in [-0.2, 0) is 4.79 Å². The summed E-state index contributed by atoms with van der Waals surface area (Å²) < 4.78 is 5.62. The van der Waals surface area contributed by atoms with Crippen LogP contribution in [0.2, 0.25) is 0 Å². The highest BCUT2D eigenvalue weighted by atomic mass is 32.2. The van der Waals surface area contributed by atoms with Crippen LogP contribution in [0, 0.1) is 11.3 Å². The van der Waals surface area contributed by atoms with E-state index in [9.17, 15) is 4.79 Å². The van der Waals surface area contributed by atoms with Crippen molar-refractivity contribution in [1.82, 2.24) is 4.90 Å². The molecule has 0 heterocycles. The molecule has 0 atom stereocenters. The summed E-state index contributed by atoms with van der Waals surface area (Å²) in [5.41, 5.74) is 0.626. The molecule has 5 heteroatoms. The van der Waals surface area contributed by atoms with Crippen molar-refractivity contribution in [3.8, 4) is 11.8 Å². The molecular weight excluding hydrogens is 320 g/mol. The maximum absolute atomic E-state index is 12.1. The van der Waals surface area contributed by atoms with E-state index in [0.717, 1.165) is 17.1 Å². The number of benzene rings is 2. The van der Waals surface area contributed by atoms with Gasteiger partial charge in [-0.15, -0.1) is 11.8 Å². The highest BCUT2D eigenvalue weighted by Gasteiger charge is 2.09. The van der Waals surface area contributed by atoms with Gasteiger partial charge in [0.25, 0.3) is 0 Å². The van der Waals surface area contributed by atoms with Gasteiger partial charge in [0.05, 0.1) is 24.0 Å². The minimum Gasteiger partial charge on any atom is -0.494 e. The van der Waals surface area contributed by atoms with E-state index in [1.54, 1.807) is 17.0 Å². The van der Waals surface area contributed by atoms with Crippen LogP contribution in [0.25, 0.3) is 0 Å². The second-order valence-corrected chi connectivity index (χ2v) is 6.30. The second kappa shape index (κ2) is 9.64. The number of rotatable bonds is 8. The quantitative estimate of drug-likeness (QED) is 0.544. The van der Waals surface area contributed by atoms with Crippen LogP contribution in [0.4, 0.5) is 0 Å². The zero-order valence-electron chi connectivity index (χ0n) is 13.6. The molecule has 0 aromatic heterocycles. The Labute approximate surface area is 147 Å². The Bertz CT molecular complexity index is 681. The molecule has 0 N–H and O–H groups in total. The van der Waals surface area contributed by atoms with Gasteiger partial charge in [0.2, 0.25) is 5.91 Å². The Morgan fingerprint density at radius 3 is 2.54 bits per heavy atom. The molecule has 0 saturated heterocycles. The van der Waals surface area contributed by atoms with Crippen LogP contribution in [0.5, 0.6) is 5.75 Å². The fourth-order valence-electron chi connectivity index (χ4n) is 2.01. The van der Waals surface area contributed by atoms with Crippen LogP contribution in [0.3, 0.4) is 0 Å². The molecule has 24 heavy (non-hydrogen) atoms. The summed E-state index contributed by atoms with van der Waals surface area (Å²) in [7, 11) is 1.81. The minimum absolute atomic E-state index is 0.0871. The van der Waals surface area contributed by atoms with E-state index in [0.29, 0.717) is 24.5 Å². The topological polar surface area (TPSA) is 53.3 Å². The Morgan fingerprint density at radius 1 is 1.17 bits per heavy atom. The number of carbonyl (C=O) groups is 1. The second-order valence-electron chi connectivity index (χ2n) is 5.26. The van der Waals surface area contributed by atoms with Gasteiger partial charge in [-0.05, 0) is 42.8 Å². The number of thioether (sulfide) groups is 1. The first-order chi connectivity index (χ1) is 11.7. The lowest BCUT2D eigenvalue weighted by molar-refractivity contribution is -0.127. The van der Waals surface area contributed by atoms with Crippen LogP contribution >= 0.6 is 11.8 Å². The van der Waals surface area contributed by atoms with Gasteiger partial charge in [-0.3, -0.25) is 4.79 Å². The van der Waals surface area contributed by atoms with Gasteiger partial charge in [-0.25, -0.2) is 0 Å². The van der Waals surface area contributed by atoms with Crippen LogP contribution in [-0.4, -0.2) is 36.8 Å². The van der Waals surface area contributed by atoms with Gasteiger partial charge in [0.1, 0.15) is 5.75 Å². The standard InChI is InChI=1S/C19H20N2O2S/c1-21(12-5-13-23-17-6-3-2-4-7-17)19(22)15-24-18-10-8-16(14-20)9-11-18/h2-4,6-11H,5,12-13,15H2,1H3. The first-order valence-corrected chi connectivity index (χ1v) is 8.72. The molecule has 4 nitrogen and oxygen atoms in total. The molecule has 0 unspecified atom stereocenters. The van der Waals surface area contributed by atoms with Gasteiger partial charge in [-0.2, -0.15) is 5.26 Å². The van der Waals surface area contributed by atoms with Gasteiger partial charge >= 0.3 is 0 Å². The summed E-state index contributed by atoms with van der Waals surface area (Å²) in [5.74, 6) is 1.33. The van der Waals surface area contributed by atoms with Crippen molar-refractivity contribution in [3.05, 3.63) is 60.2 Å². The molecule has 1 amide bonds. The number of nitrogens with zero attached hydrogens (tertiary/aromatic N) is 2. The smallest absolute Gasteiger partial charge is 0.232 e. The zero-order chi connectivity index (χ0) is 17.2. The van der Waals surface area contributed by atoms with E-state index >= 15 is 0 Å². The fourth-order valence-corrected chi connectivity index (χ4v) is 2.85. The molecule has 0 fully saturated rings. The fraction of sp³-hybridized carbons (Fsp3) is 0.263. The Balaban J connectivity index is 1.65. The van der Waals surface area contributed by atoms with Crippen LogP contribution < -0.4 is 4.74 Å². The molecule has 2 rings (SSSR count). The maximum atomic E-state index is 12.1. The van der Waals surface area contributed by atoms with Crippen molar-refractivity contribution in [1.29, 1.82) is 5.26 Å². The van der Waals surface area contributed by atoms with Gasteiger partial charge in [0, 0.05) is 18.5 Å². The summed E-state index contributed by atoms with van der Waals surface area (Å²) in [4.78, 5) is 14.8. The number of para-hydroxylation sites is 1. The van der Waals surface area contributed by atoms with Crippen molar-refractivity contribution in [3.63, 3.8) is 0 Å². The third-order valence-corrected chi connectivity index (χ3v) is 4.42. The van der Waals surface area contributed by atoms with Crippen molar-refractivity contribution in [2.45, 2.75) is 11.3 Å². The van der Waals surface area contributed by atoms with Crippen molar-refractivity contribution < 1.29 is 9.53 Å². The third kappa shape index (κ3) is 5.98. The molecule has 0 radical (unpaired) electrons. The predicted octanol–water partition coefficient (Wildman–Crippen LogP) is 3.58. The molecule has 0 aliphatic rings. The normalized spacial score (nSPS) is 10.0. The maximum Gasteiger partial charge on any atom is 0.232 e. The first-order valence-electron chi connectivity index (χ1n) is 7.74. The highest BCUT2D eigenvalue weighted by Crippen LogP contribution is 2.18.